The van der Waals surface area contributed by atoms with Crippen LogP contribution in [-0.4, -0.2) is 33.5 Å². The van der Waals surface area contributed by atoms with E-state index in [1.807, 2.05) is 30.3 Å². The number of nitriles is 1. The molecule has 0 bridgehead atoms. The second-order valence-corrected chi connectivity index (χ2v) is 6.94. The Balaban J connectivity index is 1.65. The summed E-state index contributed by atoms with van der Waals surface area (Å²) >= 11 is 0. The first-order valence-electron chi connectivity index (χ1n) is 9.46. The molecule has 4 rings (SSSR count). The van der Waals surface area contributed by atoms with Gasteiger partial charge in [0.05, 0.1) is 17.3 Å². The van der Waals surface area contributed by atoms with Crippen LogP contribution in [0.15, 0.2) is 67.1 Å². The lowest BCUT2D eigenvalue weighted by molar-refractivity contribution is -0.114. The van der Waals surface area contributed by atoms with Gasteiger partial charge in [-0.15, -0.1) is 0 Å². The molecule has 1 N–H and O–H groups in total. The third-order valence-electron chi connectivity index (χ3n) is 4.81. The summed E-state index contributed by atoms with van der Waals surface area (Å²) in [4.78, 5) is 29.8. The topological polar surface area (TPSA) is 103 Å². The van der Waals surface area contributed by atoms with E-state index in [4.69, 9.17) is 5.26 Å². The van der Waals surface area contributed by atoms with Gasteiger partial charge in [-0.05, 0) is 42.0 Å². The molecule has 0 saturated heterocycles. The fraction of sp³-hybridized carbons (Fsp3) is 0.0870. The van der Waals surface area contributed by atoms with Crippen molar-refractivity contribution in [2.75, 3.05) is 17.3 Å². The lowest BCUT2D eigenvalue weighted by Crippen LogP contribution is -2.27. The summed E-state index contributed by atoms with van der Waals surface area (Å²) in [6.45, 7) is 1.46. The standard InChI is InChI=1S/C23H18N6O2/c1-15(30)27-19-6-4-17(5-7-19)20-14-26-29-10-9-18(11-21(20)29)23(31)28(2)22-8-3-16(12-24)13-25-22/h3-11,13-14H,1-2H3,(H,27,30). The van der Waals surface area contributed by atoms with E-state index >= 15 is 0 Å². The summed E-state index contributed by atoms with van der Waals surface area (Å²) in [5.74, 6) is 0.0896. The molecule has 3 heterocycles. The molecular formula is C23H18N6O2. The molecule has 8 nitrogen and oxygen atoms in total. The normalized spacial score (nSPS) is 10.5. The fourth-order valence-corrected chi connectivity index (χ4v) is 3.22. The van der Waals surface area contributed by atoms with E-state index in [2.05, 4.69) is 15.4 Å². The molecule has 31 heavy (non-hydrogen) atoms. The summed E-state index contributed by atoms with van der Waals surface area (Å²) in [5.41, 5.74) is 4.18. The Bertz CT molecular complexity index is 1320. The number of carbonyl (C=O) groups excluding carboxylic acids is 2. The average molecular weight is 410 g/mol. The van der Waals surface area contributed by atoms with Crippen LogP contribution in [0, 0.1) is 11.3 Å². The zero-order valence-electron chi connectivity index (χ0n) is 16.9. The van der Waals surface area contributed by atoms with Crippen LogP contribution in [0.3, 0.4) is 0 Å². The highest BCUT2D eigenvalue weighted by Crippen LogP contribution is 2.27. The van der Waals surface area contributed by atoms with Gasteiger partial charge in [0, 0.05) is 43.2 Å². The minimum Gasteiger partial charge on any atom is -0.326 e. The quantitative estimate of drug-likeness (QED) is 0.555. The van der Waals surface area contributed by atoms with Crippen molar-refractivity contribution in [3.05, 3.63) is 78.2 Å². The van der Waals surface area contributed by atoms with Gasteiger partial charge in [-0.1, -0.05) is 12.1 Å². The number of nitrogens with one attached hydrogen (secondary N) is 1. The van der Waals surface area contributed by atoms with Crippen molar-refractivity contribution in [3.63, 3.8) is 0 Å². The highest BCUT2D eigenvalue weighted by Gasteiger charge is 2.17. The van der Waals surface area contributed by atoms with Crippen molar-refractivity contribution in [2.24, 2.45) is 0 Å². The second kappa shape index (κ2) is 8.08. The highest BCUT2D eigenvalue weighted by atomic mass is 16.2. The number of anilines is 2. The molecule has 0 saturated carbocycles. The molecule has 3 aromatic heterocycles. The predicted octanol–water partition coefficient (Wildman–Crippen LogP) is 3.50. The van der Waals surface area contributed by atoms with E-state index in [-0.39, 0.29) is 11.8 Å². The van der Waals surface area contributed by atoms with Crippen molar-refractivity contribution in [2.45, 2.75) is 6.92 Å². The van der Waals surface area contributed by atoms with Crippen LogP contribution >= 0.6 is 0 Å². The van der Waals surface area contributed by atoms with Gasteiger partial charge in [0.1, 0.15) is 11.9 Å². The van der Waals surface area contributed by atoms with E-state index in [1.54, 1.807) is 48.2 Å². The smallest absolute Gasteiger partial charge is 0.259 e. The average Bonchev–Trinajstić information content (AvgIpc) is 3.21. The molecular weight excluding hydrogens is 392 g/mol. The second-order valence-electron chi connectivity index (χ2n) is 6.94. The Hall–Kier alpha value is -4.51. The van der Waals surface area contributed by atoms with Crippen LogP contribution in [0.25, 0.3) is 16.6 Å². The predicted molar refractivity (Wildman–Crippen MR) is 117 cm³/mol. The number of fused-ring (bicyclic) bond motifs is 1. The zero-order chi connectivity index (χ0) is 22.0. The monoisotopic (exact) mass is 410 g/mol. The molecule has 0 atom stereocenters. The van der Waals surface area contributed by atoms with Crippen LogP contribution in [0.2, 0.25) is 0 Å². The fourth-order valence-electron chi connectivity index (χ4n) is 3.22. The van der Waals surface area contributed by atoms with Gasteiger partial charge in [-0.25, -0.2) is 9.50 Å². The van der Waals surface area contributed by atoms with Crippen LogP contribution in [0.4, 0.5) is 11.5 Å². The molecule has 0 aliphatic carbocycles. The maximum Gasteiger partial charge on any atom is 0.259 e. The van der Waals surface area contributed by atoms with Crippen LogP contribution in [-0.2, 0) is 4.79 Å². The number of hydrogen-bond donors (Lipinski definition) is 1. The van der Waals surface area contributed by atoms with Crippen LogP contribution in [0.5, 0.6) is 0 Å². The number of benzene rings is 1. The summed E-state index contributed by atoms with van der Waals surface area (Å²) in [7, 11) is 1.64. The largest absolute Gasteiger partial charge is 0.326 e. The van der Waals surface area contributed by atoms with Gasteiger partial charge in [0.2, 0.25) is 5.91 Å². The highest BCUT2D eigenvalue weighted by molar-refractivity contribution is 6.06. The third-order valence-corrected chi connectivity index (χ3v) is 4.81. The van der Waals surface area contributed by atoms with E-state index in [9.17, 15) is 9.59 Å². The molecule has 8 heteroatoms. The van der Waals surface area contributed by atoms with Gasteiger partial charge in [-0.2, -0.15) is 10.4 Å². The molecule has 0 fully saturated rings. The number of nitrogens with zero attached hydrogens (tertiary/aromatic N) is 5. The Morgan fingerprint density at radius 3 is 2.52 bits per heavy atom. The van der Waals surface area contributed by atoms with Crippen LogP contribution in [0.1, 0.15) is 22.8 Å². The van der Waals surface area contributed by atoms with E-state index in [1.165, 1.54) is 18.0 Å². The van der Waals surface area contributed by atoms with Crippen molar-refractivity contribution < 1.29 is 9.59 Å². The number of hydrogen-bond acceptors (Lipinski definition) is 5. The summed E-state index contributed by atoms with van der Waals surface area (Å²) in [6.07, 6.45) is 4.91. The minimum absolute atomic E-state index is 0.132. The summed E-state index contributed by atoms with van der Waals surface area (Å²) in [6, 6.07) is 16.2. The van der Waals surface area contributed by atoms with Gasteiger partial charge in [0.25, 0.3) is 5.91 Å². The first kappa shape index (κ1) is 19.8. The molecule has 0 aliphatic rings. The lowest BCUT2D eigenvalue weighted by atomic mass is 10.1. The Labute approximate surface area is 178 Å². The molecule has 4 aromatic rings. The molecule has 152 valence electrons. The zero-order valence-corrected chi connectivity index (χ0v) is 16.9. The van der Waals surface area contributed by atoms with E-state index < -0.39 is 0 Å². The van der Waals surface area contributed by atoms with Crippen LogP contribution < -0.4 is 10.2 Å². The third kappa shape index (κ3) is 3.97. The van der Waals surface area contributed by atoms with Crippen molar-refractivity contribution in [3.8, 4) is 17.2 Å². The van der Waals surface area contributed by atoms with Gasteiger partial charge in [0.15, 0.2) is 0 Å². The Morgan fingerprint density at radius 2 is 1.87 bits per heavy atom. The summed E-state index contributed by atoms with van der Waals surface area (Å²) < 4.78 is 1.70. The van der Waals surface area contributed by atoms with Crippen molar-refractivity contribution >= 4 is 28.8 Å². The molecule has 0 aliphatic heterocycles. The molecule has 1 aromatic carbocycles. The first-order valence-corrected chi connectivity index (χ1v) is 9.46. The van der Waals surface area contributed by atoms with Gasteiger partial charge < -0.3 is 5.32 Å². The molecule has 2 amide bonds. The first-order chi connectivity index (χ1) is 15.0. The van der Waals surface area contributed by atoms with E-state index in [0.717, 1.165) is 16.6 Å². The lowest BCUT2D eigenvalue weighted by Gasteiger charge is -2.16. The Kier molecular flexibility index (Phi) is 5.16. The van der Waals surface area contributed by atoms with Gasteiger partial charge >= 0.3 is 0 Å². The number of amides is 2. The van der Waals surface area contributed by atoms with Crippen molar-refractivity contribution in [1.29, 1.82) is 5.26 Å². The SMILES string of the molecule is CC(=O)Nc1ccc(-c2cnn3ccc(C(=O)N(C)c4ccc(C#N)cn4)cc23)cc1. The number of pyridine rings is 2. The molecule has 0 unspecified atom stereocenters. The number of rotatable bonds is 4. The molecule has 0 spiro atoms. The number of aromatic nitrogens is 3. The maximum atomic E-state index is 13.0. The molecule has 0 radical (unpaired) electrons. The minimum atomic E-state index is -0.229. The summed E-state index contributed by atoms with van der Waals surface area (Å²) in [5, 5.41) is 16.0. The Morgan fingerprint density at radius 1 is 1.10 bits per heavy atom. The maximum absolute atomic E-state index is 13.0. The van der Waals surface area contributed by atoms with Crippen molar-refractivity contribution in [1.82, 2.24) is 14.6 Å². The van der Waals surface area contributed by atoms with Gasteiger partial charge in [-0.3, -0.25) is 14.5 Å². The van der Waals surface area contributed by atoms with E-state index in [0.29, 0.717) is 22.6 Å². The number of carbonyl (C=O) groups is 2.